The fraction of sp³-hybridized carbons (Fsp3) is 0.419. The molecule has 7 nitrogen and oxygen atoms in total. The quantitative estimate of drug-likeness (QED) is 0.284. The first-order valence-corrected chi connectivity index (χ1v) is 14.4. The highest BCUT2D eigenvalue weighted by Crippen LogP contribution is 2.34. The normalized spacial score (nSPS) is 17.8. The van der Waals surface area contributed by atoms with Crippen LogP contribution in [0.3, 0.4) is 0 Å². The van der Waals surface area contributed by atoms with Gasteiger partial charge in [-0.3, -0.25) is 18.8 Å². The zero-order valence-electron chi connectivity index (χ0n) is 24.3. The summed E-state index contributed by atoms with van der Waals surface area (Å²) < 4.78 is 102. The summed E-state index contributed by atoms with van der Waals surface area (Å²) in [6.45, 7) is 1.93. The van der Waals surface area contributed by atoms with Gasteiger partial charge in [-0.05, 0) is 49.9 Å². The standard InChI is InChI=1S/C31H31F7N4O3/c1-20-27(40-16-14-39(15-17-40)18-22-10-11-26(45-22)31(36,37)38)28(43)41(13-12-21-6-3-2-4-7-21)29(44)42(20)19-23-24(30(33,34)35)8-5-9-25(23)32/h2-6,8-11,21H,7,12-19H2,1H3. The van der Waals surface area contributed by atoms with Crippen LogP contribution in [0.5, 0.6) is 0 Å². The molecule has 14 heteroatoms. The Morgan fingerprint density at radius 2 is 1.62 bits per heavy atom. The first-order valence-electron chi connectivity index (χ1n) is 14.4. The van der Waals surface area contributed by atoms with Crippen LogP contribution in [-0.4, -0.2) is 40.2 Å². The first kappa shape index (κ1) is 32.3. The van der Waals surface area contributed by atoms with E-state index in [9.17, 15) is 40.3 Å². The maximum absolute atomic E-state index is 14.9. The minimum Gasteiger partial charge on any atom is -0.455 e. The summed E-state index contributed by atoms with van der Waals surface area (Å²) in [4.78, 5) is 31.1. The number of piperazine rings is 1. The van der Waals surface area contributed by atoms with Crippen LogP contribution >= 0.6 is 0 Å². The lowest BCUT2D eigenvalue weighted by atomic mass is 9.97. The lowest BCUT2D eigenvalue weighted by Gasteiger charge is -2.36. The third-order valence-electron chi connectivity index (χ3n) is 8.20. The lowest BCUT2D eigenvalue weighted by Crippen LogP contribution is -2.51. The van der Waals surface area contributed by atoms with Gasteiger partial charge in [0.2, 0.25) is 5.76 Å². The van der Waals surface area contributed by atoms with E-state index in [4.69, 9.17) is 4.42 Å². The minimum absolute atomic E-state index is 0.00279. The van der Waals surface area contributed by atoms with Crippen LogP contribution in [0.4, 0.5) is 36.4 Å². The Labute approximate surface area is 253 Å². The number of benzene rings is 1. The largest absolute Gasteiger partial charge is 0.455 e. The number of hydrogen-bond donors (Lipinski definition) is 0. The molecule has 0 N–H and O–H groups in total. The molecule has 2 aliphatic rings. The monoisotopic (exact) mass is 640 g/mol. The molecule has 1 aliphatic heterocycles. The fourth-order valence-corrected chi connectivity index (χ4v) is 5.78. The number of halogens is 7. The molecule has 242 valence electrons. The van der Waals surface area contributed by atoms with Crippen molar-refractivity contribution in [2.45, 2.75) is 51.8 Å². The van der Waals surface area contributed by atoms with Gasteiger partial charge in [-0.25, -0.2) is 9.18 Å². The number of rotatable bonds is 8. The molecule has 1 aromatic carbocycles. The Bertz CT molecular complexity index is 1710. The second kappa shape index (κ2) is 12.7. The van der Waals surface area contributed by atoms with Gasteiger partial charge < -0.3 is 9.32 Å². The van der Waals surface area contributed by atoms with Crippen molar-refractivity contribution in [3.05, 3.63) is 110 Å². The van der Waals surface area contributed by atoms with Crippen molar-refractivity contribution < 1.29 is 35.2 Å². The number of anilines is 1. The van der Waals surface area contributed by atoms with E-state index in [1.807, 2.05) is 29.2 Å². The Morgan fingerprint density at radius 3 is 2.24 bits per heavy atom. The third kappa shape index (κ3) is 7.10. The zero-order valence-corrected chi connectivity index (χ0v) is 24.3. The summed E-state index contributed by atoms with van der Waals surface area (Å²) in [5.74, 6) is -2.06. The molecule has 1 atom stereocenters. The van der Waals surface area contributed by atoms with E-state index in [1.165, 1.54) is 13.0 Å². The fourth-order valence-electron chi connectivity index (χ4n) is 5.78. The number of aromatic nitrogens is 2. The molecule has 1 saturated heterocycles. The van der Waals surface area contributed by atoms with Crippen molar-refractivity contribution in [3.8, 4) is 0 Å². The van der Waals surface area contributed by atoms with Crippen LogP contribution < -0.4 is 16.1 Å². The van der Waals surface area contributed by atoms with Crippen molar-refractivity contribution in [2.24, 2.45) is 5.92 Å². The predicted molar refractivity (Wildman–Crippen MR) is 152 cm³/mol. The second-order valence-electron chi connectivity index (χ2n) is 11.1. The van der Waals surface area contributed by atoms with Crippen LogP contribution in [0.1, 0.15) is 41.2 Å². The average Bonchev–Trinajstić information content (AvgIpc) is 3.46. The molecule has 5 rings (SSSR count). The molecular formula is C31H31F7N4O3. The number of allylic oxidation sites excluding steroid dienone is 4. The molecule has 1 unspecified atom stereocenters. The molecule has 0 amide bonds. The SMILES string of the molecule is Cc1c(N2CCN(Cc3ccc(C(F)(F)F)o3)CC2)c(=O)n(CCC2C=CC=CC2)c(=O)n1Cc1c(F)cccc1C(F)(F)F. The predicted octanol–water partition coefficient (Wildman–Crippen LogP) is 5.98. The molecule has 0 spiro atoms. The Balaban J connectivity index is 1.46. The van der Waals surface area contributed by atoms with E-state index >= 15 is 0 Å². The van der Waals surface area contributed by atoms with Gasteiger partial charge >= 0.3 is 18.0 Å². The smallest absolute Gasteiger partial charge is 0.449 e. The molecule has 0 radical (unpaired) electrons. The van der Waals surface area contributed by atoms with E-state index in [0.717, 1.165) is 33.4 Å². The van der Waals surface area contributed by atoms with Crippen molar-refractivity contribution in [1.82, 2.24) is 14.0 Å². The number of nitrogens with zero attached hydrogens (tertiary/aromatic N) is 4. The van der Waals surface area contributed by atoms with Gasteiger partial charge in [-0.1, -0.05) is 30.4 Å². The second-order valence-corrected chi connectivity index (χ2v) is 11.1. The van der Waals surface area contributed by atoms with Gasteiger partial charge in [-0.15, -0.1) is 0 Å². The van der Waals surface area contributed by atoms with Gasteiger partial charge in [0.15, 0.2) is 0 Å². The van der Waals surface area contributed by atoms with Gasteiger partial charge in [0.25, 0.3) is 5.56 Å². The molecule has 3 aromatic rings. The van der Waals surface area contributed by atoms with E-state index in [2.05, 4.69) is 0 Å². The molecule has 45 heavy (non-hydrogen) atoms. The van der Waals surface area contributed by atoms with E-state index in [-0.39, 0.29) is 49.2 Å². The number of alkyl halides is 6. The van der Waals surface area contributed by atoms with Crippen LogP contribution in [-0.2, 0) is 32.0 Å². The van der Waals surface area contributed by atoms with Crippen LogP contribution in [0, 0.1) is 18.7 Å². The Hall–Kier alpha value is -4.07. The van der Waals surface area contributed by atoms with E-state index in [0.29, 0.717) is 25.9 Å². The van der Waals surface area contributed by atoms with Crippen molar-refractivity contribution >= 4 is 5.69 Å². The van der Waals surface area contributed by atoms with E-state index in [1.54, 1.807) is 4.90 Å². The molecule has 0 bridgehead atoms. The van der Waals surface area contributed by atoms with E-state index < -0.39 is 52.9 Å². The highest BCUT2D eigenvalue weighted by Gasteiger charge is 2.36. The van der Waals surface area contributed by atoms with Gasteiger partial charge in [-0.2, -0.15) is 26.3 Å². The van der Waals surface area contributed by atoms with Gasteiger partial charge in [0.05, 0.1) is 18.7 Å². The Kier molecular flexibility index (Phi) is 9.15. The summed E-state index contributed by atoms with van der Waals surface area (Å²) in [5.41, 5.74) is -3.18. The van der Waals surface area contributed by atoms with Gasteiger partial charge in [0.1, 0.15) is 17.3 Å². The summed E-state index contributed by atoms with van der Waals surface area (Å²) in [6.07, 6.45) is -0.721. The van der Waals surface area contributed by atoms with Crippen molar-refractivity contribution in [2.75, 3.05) is 31.1 Å². The van der Waals surface area contributed by atoms with Gasteiger partial charge in [0, 0.05) is 44.0 Å². The maximum atomic E-state index is 14.9. The molecule has 3 heterocycles. The van der Waals surface area contributed by atoms with Crippen LogP contribution in [0.15, 0.2) is 68.6 Å². The Morgan fingerprint density at radius 1 is 0.889 bits per heavy atom. The number of furan rings is 1. The van der Waals surface area contributed by atoms with Crippen LogP contribution in [0.25, 0.3) is 0 Å². The minimum atomic E-state index is -4.88. The molecular weight excluding hydrogens is 609 g/mol. The number of hydrogen-bond acceptors (Lipinski definition) is 5. The first-order chi connectivity index (χ1) is 21.2. The highest BCUT2D eigenvalue weighted by molar-refractivity contribution is 5.50. The molecule has 1 fully saturated rings. The molecule has 0 saturated carbocycles. The topological polar surface area (TPSA) is 63.6 Å². The summed E-state index contributed by atoms with van der Waals surface area (Å²) >= 11 is 0. The third-order valence-corrected chi connectivity index (χ3v) is 8.20. The van der Waals surface area contributed by atoms with Crippen molar-refractivity contribution in [1.29, 1.82) is 0 Å². The molecule has 1 aliphatic carbocycles. The lowest BCUT2D eigenvalue weighted by molar-refractivity contribution is -0.153. The molecule has 2 aromatic heterocycles. The highest BCUT2D eigenvalue weighted by atomic mass is 19.4. The van der Waals surface area contributed by atoms with Crippen LogP contribution in [0.2, 0.25) is 0 Å². The summed E-state index contributed by atoms with van der Waals surface area (Å²) in [7, 11) is 0. The average molecular weight is 641 g/mol. The van der Waals surface area contributed by atoms with Crippen molar-refractivity contribution in [3.63, 3.8) is 0 Å². The maximum Gasteiger partial charge on any atom is 0.449 e. The zero-order chi connectivity index (χ0) is 32.5. The summed E-state index contributed by atoms with van der Waals surface area (Å²) in [6, 6.07) is 4.69. The summed E-state index contributed by atoms with van der Waals surface area (Å²) in [5, 5.41) is 0.